The molecule has 2 rings (SSSR count). The van der Waals surface area contributed by atoms with Gasteiger partial charge in [-0.2, -0.15) is 0 Å². The molecular weight excluding hydrogens is 232 g/mol. The van der Waals surface area contributed by atoms with Crippen LogP contribution in [0.1, 0.15) is 22.1 Å². The first-order valence-electron chi connectivity index (χ1n) is 3.94. The predicted molar refractivity (Wildman–Crippen MR) is 53.2 cm³/mol. The molecular formula is C9H9BrN2O. The zero-order valence-corrected chi connectivity index (χ0v) is 8.71. The number of nitrogens with zero attached hydrogens (tertiary/aromatic N) is 1. The minimum atomic E-state index is -0.321. The molecule has 4 heteroatoms. The average Bonchev–Trinajstić information content (AvgIpc) is 2.33. The molecule has 1 unspecified atom stereocenters. The summed E-state index contributed by atoms with van der Waals surface area (Å²) in [6.07, 6.45) is -0.321. The van der Waals surface area contributed by atoms with Gasteiger partial charge in [-0.05, 0) is 12.1 Å². The third kappa shape index (κ3) is 1.09. The summed E-state index contributed by atoms with van der Waals surface area (Å²) in [4.78, 5) is 13.1. The molecule has 0 bridgehead atoms. The highest BCUT2D eigenvalue weighted by Crippen LogP contribution is 2.33. The van der Waals surface area contributed by atoms with E-state index in [9.17, 15) is 4.79 Å². The molecule has 0 saturated heterocycles. The maximum Gasteiger partial charge on any atom is 0.255 e. The third-order valence-electron chi connectivity index (χ3n) is 2.32. The van der Waals surface area contributed by atoms with Crippen LogP contribution in [0.4, 0.5) is 0 Å². The summed E-state index contributed by atoms with van der Waals surface area (Å²) in [5.41, 5.74) is 7.44. The van der Waals surface area contributed by atoms with E-state index in [1.54, 1.807) is 13.1 Å². The van der Waals surface area contributed by atoms with Gasteiger partial charge in [0.15, 0.2) is 0 Å². The van der Waals surface area contributed by atoms with Crippen LogP contribution >= 0.6 is 15.9 Å². The molecule has 1 atom stereocenters. The maximum atomic E-state index is 11.6. The lowest BCUT2D eigenvalue weighted by atomic mass is 10.1. The lowest BCUT2D eigenvalue weighted by molar-refractivity contribution is 0.0777. The molecule has 1 aromatic rings. The maximum absolute atomic E-state index is 11.6. The van der Waals surface area contributed by atoms with Gasteiger partial charge in [0.25, 0.3) is 5.91 Å². The highest BCUT2D eigenvalue weighted by atomic mass is 79.9. The van der Waals surface area contributed by atoms with Crippen molar-refractivity contribution in [2.45, 2.75) is 6.17 Å². The molecule has 1 heterocycles. The first-order valence-corrected chi connectivity index (χ1v) is 4.73. The van der Waals surface area contributed by atoms with Gasteiger partial charge in [0.2, 0.25) is 0 Å². The first-order chi connectivity index (χ1) is 6.13. The van der Waals surface area contributed by atoms with Gasteiger partial charge >= 0.3 is 0 Å². The first kappa shape index (κ1) is 8.72. The van der Waals surface area contributed by atoms with E-state index in [0.29, 0.717) is 5.56 Å². The molecule has 2 N–H and O–H groups in total. The quantitative estimate of drug-likeness (QED) is 0.747. The molecule has 1 amide bonds. The average molecular weight is 241 g/mol. The minimum Gasteiger partial charge on any atom is -0.322 e. The summed E-state index contributed by atoms with van der Waals surface area (Å²) in [5.74, 6) is -0.0104. The normalized spacial score (nSPS) is 20.7. The van der Waals surface area contributed by atoms with Crippen molar-refractivity contribution in [2.75, 3.05) is 7.05 Å². The monoisotopic (exact) mass is 240 g/mol. The van der Waals surface area contributed by atoms with Crippen LogP contribution in [0.15, 0.2) is 22.7 Å². The molecule has 1 aromatic carbocycles. The van der Waals surface area contributed by atoms with Crippen LogP contribution in [0.5, 0.6) is 0 Å². The molecule has 1 aliphatic rings. The van der Waals surface area contributed by atoms with E-state index in [0.717, 1.165) is 10.0 Å². The number of carbonyl (C=O) groups is 1. The van der Waals surface area contributed by atoms with Crippen LogP contribution < -0.4 is 5.73 Å². The Morgan fingerprint density at radius 1 is 1.54 bits per heavy atom. The Balaban J connectivity index is 2.66. The molecule has 0 aliphatic carbocycles. The number of carbonyl (C=O) groups excluding carboxylic acids is 1. The largest absolute Gasteiger partial charge is 0.322 e. The summed E-state index contributed by atoms with van der Waals surface area (Å²) >= 11 is 3.38. The number of nitrogens with two attached hydrogens (primary N) is 1. The van der Waals surface area contributed by atoms with Gasteiger partial charge in [0.1, 0.15) is 6.17 Å². The molecule has 0 aromatic heterocycles. The van der Waals surface area contributed by atoms with Crippen molar-refractivity contribution < 1.29 is 4.79 Å². The number of fused-ring (bicyclic) bond motifs is 1. The number of rotatable bonds is 0. The van der Waals surface area contributed by atoms with E-state index in [1.165, 1.54) is 4.90 Å². The Morgan fingerprint density at radius 3 is 2.85 bits per heavy atom. The van der Waals surface area contributed by atoms with Crippen molar-refractivity contribution >= 4 is 21.8 Å². The fourth-order valence-corrected chi connectivity index (χ4v) is 2.13. The van der Waals surface area contributed by atoms with Crippen LogP contribution in [-0.2, 0) is 0 Å². The van der Waals surface area contributed by atoms with Gasteiger partial charge < -0.3 is 10.6 Å². The van der Waals surface area contributed by atoms with Crippen molar-refractivity contribution in [3.05, 3.63) is 33.8 Å². The highest BCUT2D eigenvalue weighted by molar-refractivity contribution is 9.10. The molecule has 0 fully saturated rings. The number of hydrogen-bond acceptors (Lipinski definition) is 2. The van der Waals surface area contributed by atoms with E-state index in [1.807, 2.05) is 12.1 Å². The number of amides is 1. The smallest absolute Gasteiger partial charge is 0.255 e. The van der Waals surface area contributed by atoms with Gasteiger partial charge in [-0.15, -0.1) is 0 Å². The van der Waals surface area contributed by atoms with Gasteiger partial charge in [-0.3, -0.25) is 4.79 Å². The van der Waals surface area contributed by atoms with E-state index in [-0.39, 0.29) is 12.1 Å². The van der Waals surface area contributed by atoms with Crippen molar-refractivity contribution in [1.29, 1.82) is 0 Å². The Kier molecular flexibility index (Phi) is 1.89. The fourth-order valence-electron chi connectivity index (χ4n) is 1.53. The number of benzene rings is 1. The SMILES string of the molecule is CN1C(=O)c2cccc(Br)c2C1N. The minimum absolute atomic E-state index is 0.0104. The number of hydrogen-bond donors (Lipinski definition) is 1. The molecule has 0 radical (unpaired) electrons. The van der Waals surface area contributed by atoms with Crippen LogP contribution in [0, 0.1) is 0 Å². The lowest BCUT2D eigenvalue weighted by Gasteiger charge is -2.15. The molecule has 0 spiro atoms. The second kappa shape index (κ2) is 2.82. The second-order valence-corrected chi connectivity index (χ2v) is 3.92. The van der Waals surface area contributed by atoms with Crippen molar-refractivity contribution in [3.8, 4) is 0 Å². The fraction of sp³-hybridized carbons (Fsp3) is 0.222. The predicted octanol–water partition coefficient (Wildman–Crippen LogP) is 1.49. The van der Waals surface area contributed by atoms with Gasteiger partial charge in [-0.1, -0.05) is 22.0 Å². The molecule has 1 aliphatic heterocycles. The van der Waals surface area contributed by atoms with Gasteiger partial charge in [0.05, 0.1) is 0 Å². The zero-order chi connectivity index (χ0) is 9.59. The summed E-state index contributed by atoms with van der Waals surface area (Å²) in [7, 11) is 1.71. The van der Waals surface area contributed by atoms with Gasteiger partial charge in [-0.25, -0.2) is 0 Å². The molecule has 3 nitrogen and oxygen atoms in total. The highest BCUT2D eigenvalue weighted by Gasteiger charge is 2.32. The molecule has 68 valence electrons. The lowest BCUT2D eigenvalue weighted by Crippen LogP contribution is -2.28. The van der Waals surface area contributed by atoms with E-state index < -0.39 is 0 Å². The topological polar surface area (TPSA) is 46.3 Å². The van der Waals surface area contributed by atoms with Crippen LogP contribution in [0.25, 0.3) is 0 Å². The third-order valence-corrected chi connectivity index (χ3v) is 3.01. The van der Waals surface area contributed by atoms with E-state index in [4.69, 9.17) is 5.73 Å². The Hall–Kier alpha value is -0.870. The number of halogens is 1. The molecule has 13 heavy (non-hydrogen) atoms. The zero-order valence-electron chi connectivity index (χ0n) is 7.12. The van der Waals surface area contributed by atoms with Crippen LogP contribution in [-0.4, -0.2) is 17.9 Å². The Labute approximate surface area is 84.6 Å². The Bertz CT molecular complexity index is 378. The van der Waals surface area contributed by atoms with E-state index >= 15 is 0 Å². The van der Waals surface area contributed by atoms with Crippen molar-refractivity contribution in [3.63, 3.8) is 0 Å². The summed E-state index contributed by atoms with van der Waals surface area (Å²) < 4.78 is 0.898. The van der Waals surface area contributed by atoms with Crippen molar-refractivity contribution in [2.24, 2.45) is 5.73 Å². The Morgan fingerprint density at radius 2 is 2.23 bits per heavy atom. The second-order valence-electron chi connectivity index (χ2n) is 3.06. The van der Waals surface area contributed by atoms with E-state index in [2.05, 4.69) is 15.9 Å². The standard InChI is InChI=1S/C9H9BrN2O/c1-12-8(11)7-5(9(12)13)3-2-4-6(7)10/h2-4,8H,11H2,1H3. The summed E-state index contributed by atoms with van der Waals surface area (Å²) in [6.45, 7) is 0. The summed E-state index contributed by atoms with van der Waals surface area (Å²) in [5, 5.41) is 0. The molecule has 0 saturated carbocycles. The summed E-state index contributed by atoms with van der Waals surface area (Å²) in [6, 6.07) is 5.53. The van der Waals surface area contributed by atoms with Crippen molar-refractivity contribution in [1.82, 2.24) is 4.90 Å². The van der Waals surface area contributed by atoms with Crippen LogP contribution in [0.2, 0.25) is 0 Å². The van der Waals surface area contributed by atoms with Crippen LogP contribution in [0.3, 0.4) is 0 Å². The van der Waals surface area contributed by atoms with Gasteiger partial charge in [0, 0.05) is 22.6 Å².